The molecule has 0 spiro atoms. The molecule has 4 nitrogen and oxygen atoms in total. The van der Waals surface area contributed by atoms with Crippen molar-refractivity contribution >= 4 is 18.5 Å². The van der Waals surface area contributed by atoms with Crippen LogP contribution in [0.5, 0.6) is 5.75 Å². The second kappa shape index (κ2) is 9.99. The molecule has 4 heteroatoms. The molecule has 2 fully saturated rings. The van der Waals surface area contributed by atoms with Crippen LogP contribution in [0.3, 0.4) is 0 Å². The van der Waals surface area contributed by atoms with Gasteiger partial charge in [-0.15, -0.1) is 0 Å². The summed E-state index contributed by atoms with van der Waals surface area (Å²) in [5, 5.41) is 7.77. The summed E-state index contributed by atoms with van der Waals surface area (Å²) in [6.45, 7) is 2.26. The summed E-state index contributed by atoms with van der Waals surface area (Å²) in [6, 6.07) is 5.97. The van der Waals surface area contributed by atoms with E-state index in [1.807, 2.05) is 12.1 Å². The number of carbonyl (C=O) groups is 2. The first-order chi connectivity index (χ1) is 13.6. The van der Waals surface area contributed by atoms with Crippen LogP contribution < -0.4 is 4.74 Å². The summed E-state index contributed by atoms with van der Waals surface area (Å²) in [5.41, 5.74) is 1.95. The van der Waals surface area contributed by atoms with E-state index in [0.29, 0.717) is 30.1 Å². The predicted molar refractivity (Wildman–Crippen MR) is 111 cm³/mol. The highest BCUT2D eigenvalue weighted by molar-refractivity contribution is 5.84. The average Bonchev–Trinajstić information content (AvgIpc) is 2.75. The van der Waals surface area contributed by atoms with Crippen molar-refractivity contribution in [2.75, 3.05) is 0 Å². The Bertz CT molecular complexity index is 683. The Balaban J connectivity index is 1.61. The minimum absolute atomic E-state index is 0.0906. The topological polar surface area (TPSA) is 67.2 Å². The number of esters is 1. The molecule has 0 radical (unpaired) electrons. The summed E-state index contributed by atoms with van der Waals surface area (Å²) < 4.78 is 5.66. The number of carbonyl (C=O) groups excluding carboxylic acids is 2. The van der Waals surface area contributed by atoms with Crippen molar-refractivity contribution < 1.29 is 14.3 Å². The van der Waals surface area contributed by atoms with E-state index in [0.717, 1.165) is 25.0 Å². The van der Waals surface area contributed by atoms with Gasteiger partial charge in [0.2, 0.25) is 0 Å². The number of hydrogen-bond donors (Lipinski definition) is 1. The maximum atomic E-state index is 12.5. The summed E-state index contributed by atoms with van der Waals surface area (Å²) in [7, 11) is 0. The first kappa shape index (κ1) is 20.8. The smallest absolute Gasteiger partial charge is 0.314 e. The van der Waals surface area contributed by atoms with E-state index in [1.165, 1.54) is 50.3 Å². The standard InChI is InChI=1S/C24H33NO3/c1-2-3-17-4-8-19(9-5-17)21-12-13-23(22(14-21)15-25)28-24(27)20-10-6-18(16-26)7-11-20/h12-20,25H,2-11H2,1H3. The van der Waals surface area contributed by atoms with Gasteiger partial charge in [0.25, 0.3) is 0 Å². The number of aldehydes is 1. The minimum atomic E-state index is -0.222. The van der Waals surface area contributed by atoms with Gasteiger partial charge in [-0.3, -0.25) is 4.79 Å². The van der Waals surface area contributed by atoms with Gasteiger partial charge >= 0.3 is 5.97 Å². The lowest BCUT2D eigenvalue weighted by molar-refractivity contribution is -0.140. The van der Waals surface area contributed by atoms with Gasteiger partial charge < -0.3 is 14.9 Å². The van der Waals surface area contributed by atoms with E-state index in [2.05, 4.69) is 13.0 Å². The Labute approximate surface area is 168 Å². The largest absolute Gasteiger partial charge is 0.426 e. The maximum Gasteiger partial charge on any atom is 0.314 e. The van der Waals surface area contributed by atoms with Crippen LogP contribution >= 0.6 is 0 Å². The van der Waals surface area contributed by atoms with Crippen LogP contribution in [0.4, 0.5) is 0 Å². The van der Waals surface area contributed by atoms with Gasteiger partial charge in [0.15, 0.2) is 0 Å². The molecular formula is C24H33NO3. The van der Waals surface area contributed by atoms with Gasteiger partial charge in [0, 0.05) is 17.7 Å². The quantitative estimate of drug-likeness (QED) is 0.285. The van der Waals surface area contributed by atoms with Crippen LogP contribution in [0, 0.1) is 23.2 Å². The monoisotopic (exact) mass is 383 g/mol. The highest BCUT2D eigenvalue weighted by atomic mass is 16.5. The number of benzene rings is 1. The Hall–Kier alpha value is -1.97. The molecule has 0 amide bonds. The van der Waals surface area contributed by atoms with Gasteiger partial charge in [0.05, 0.1) is 5.92 Å². The van der Waals surface area contributed by atoms with Crippen molar-refractivity contribution in [2.45, 2.75) is 77.0 Å². The van der Waals surface area contributed by atoms with Crippen LogP contribution in [0.1, 0.15) is 88.2 Å². The lowest BCUT2D eigenvalue weighted by Crippen LogP contribution is -2.26. The van der Waals surface area contributed by atoms with Crippen LogP contribution in [-0.4, -0.2) is 18.5 Å². The van der Waals surface area contributed by atoms with Crippen molar-refractivity contribution in [3.05, 3.63) is 29.3 Å². The summed E-state index contributed by atoms with van der Waals surface area (Å²) in [4.78, 5) is 23.4. The van der Waals surface area contributed by atoms with Crippen LogP contribution in [0.2, 0.25) is 0 Å². The minimum Gasteiger partial charge on any atom is -0.426 e. The molecule has 0 atom stereocenters. The van der Waals surface area contributed by atoms with E-state index >= 15 is 0 Å². The third-order valence-electron chi connectivity index (χ3n) is 6.71. The number of nitrogens with one attached hydrogen (secondary N) is 1. The highest BCUT2D eigenvalue weighted by Gasteiger charge is 2.28. The lowest BCUT2D eigenvalue weighted by Gasteiger charge is -2.29. The second-order valence-electron chi connectivity index (χ2n) is 8.62. The summed E-state index contributed by atoms with van der Waals surface area (Å²) >= 11 is 0. The van der Waals surface area contributed by atoms with E-state index < -0.39 is 0 Å². The molecule has 0 aromatic heterocycles. The van der Waals surface area contributed by atoms with Gasteiger partial charge in [-0.1, -0.05) is 25.8 Å². The fourth-order valence-corrected chi connectivity index (χ4v) is 4.90. The van der Waals surface area contributed by atoms with Gasteiger partial charge in [-0.2, -0.15) is 0 Å². The molecule has 2 saturated carbocycles. The van der Waals surface area contributed by atoms with Crippen molar-refractivity contribution in [2.24, 2.45) is 17.8 Å². The van der Waals surface area contributed by atoms with Crippen molar-refractivity contribution in [3.63, 3.8) is 0 Å². The number of hydrogen-bond acceptors (Lipinski definition) is 4. The third kappa shape index (κ3) is 5.09. The molecular weight excluding hydrogens is 350 g/mol. The SMILES string of the molecule is CCCC1CCC(c2ccc(OC(=O)C3CCC(C=O)CC3)c(C=N)c2)CC1. The summed E-state index contributed by atoms with van der Waals surface area (Å²) in [5.74, 6) is 1.64. The molecule has 28 heavy (non-hydrogen) atoms. The van der Waals surface area contributed by atoms with E-state index in [1.54, 1.807) is 0 Å². The Kier molecular flexibility index (Phi) is 7.41. The second-order valence-corrected chi connectivity index (χ2v) is 8.62. The number of ether oxygens (including phenoxy) is 1. The Morgan fingerprint density at radius 2 is 1.82 bits per heavy atom. The van der Waals surface area contributed by atoms with Crippen molar-refractivity contribution in [1.29, 1.82) is 5.41 Å². The van der Waals surface area contributed by atoms with Crippen molar-refractivity contribution in [3.8, 4) is 5.75 Å². The summed E-state index contributed by atoms with van der Waals surface area (Å²) in [6.07, 6.45) is 12.8. The lowest BCUT2D eigenvalue weighted by atomic mass is 9.77. The Morgan fingerprint density at radius 3 is 2.43 bits per heavy atom. The molecule has 0 saturated heterocycles. The maximum absolute atomic E-state index is 12.5. The first-order valence-electron chi connectivity index (χ1n) is 11.0. The molecule has 0 aliphatic heterocycles. The van der Waals surface area contributed by atoms with E-state index in [-0.39, 0.29) is 17.8 Å². The molecule has 3 rings (SSSR count). The highest BCUT2D eigenvalue weighted by Crippen LogP contribution is 2.38. The molecule has 1 aromatic carbocycles. The number of rotatable bonds is 7. The van der Waals surface area contributed by atoms with Gasteiger partial charge in [-0.05, 0) is 80.9 Å². The fourth-order valence-electron chi connectivity index (χ4n) is 4.90. The zero-order valence-corrected chi connectivity index (χ0v) is 17.0. The third-order valence-corrected chi connectivity index (χ3v) is 6.71. The van der Waals surface area contributed by atoms with Gasteiger partial charge in [-0.25, -0.2) is 0 Å². The molecule has 0 heterocycles. The van der Waals surface area contributed by atoms with Crippen molar-refractivity contribution in [1.82, 2.24) is 0 Å². The average molecular weight is 384 g/mol. The van der Waals surface area contributed by atoms with E-state index in [4.69, 9.17) is 10.1 Å². The van der Waals surface area contributed by atoms with Crippen LogP contribution in [0.25, 0.3) is 0 Å². The van der Waals surface area contributed by atoms with Crippen LogP contribution in [0.15, 0.2) is 18.2 Å². The molecule has 0 bridgehead atoms. The zero-order valence-electron chi connectivity index (χ0n) is 17.0. The van der Waals surface area contributed by atoms with E-state index in [9.17, 15) is 9.59 Å². The molecule has 2 aliphatic rings. The fraction of sp³-hybridized carbons (Fsp3) is 0.625. The zero-order chi connectivity index (χ0) is 19.9. The Morgan fingerprint density at radius 1 is 1.11 bits per heavy atom. The predicted octanol–water partition coefficient (Wildman–Crippen LogP) is 5.67. The molecule has 152 valence electrons. The molecule has 2 aliphatic carbocycles. The normalized spacial score (nSPS) is 27.8. The van der Waals surface area contributed by atoms with Crippen LogP contribution in [-0.2, 0) is 9.59 Å². The first-order valence-corrected chi connectivity index (χ1v) is 11.0. The molecule has 1 aromatic rings. The molecule has 1 N–H and O–H groups in total. The molecule has 0 unspecified atom stereocenters. The van der Waals surface area contributed by atoms with Gasteiger partial charge in [0.1, 0.15) is 12.0 Å².